The molecule has 2 rings (SSSR count). The van der Waals surface area contributed by atoms with Gasteiger partial charge in [-0.1, -0.05) is 6.07 Å². The molecule has 1 aromatic carbocycles. The number of fused-ring (bicyclic) bond motifs is 1. The molecule has 2 aromatic rings. The van der Waals surface area contributed by atoms with Crippen molar-refractivity contribution in [3.63, 3.8) is 0 Å². The number of hydrogen-bond donors (Lipinski definition) is 0. The highest BCUT2D eigenvalue weighted by Gasteiger charge is 2.34. The summed E-state index contributed by atoms with van der Waals surface area (Å²) in [6, 6.07) is 4.12. The lowest BCUT2D eigenvalue weighted by molar-refractivity contribution is -0.385. The maximum absolute atomic E-state index is 12.7. The van der Waals surface area contributed by atoms with Gasteiger partial charge < -0.3 is 0 Å². The predicted octanol–water partition coefficient (Wildman–Crippen LogP) is 3.16. The van der Waals surface area contributed by atoms with Crippen molar-refractivity contribution in [3.8, 4) is 0 Å². The number of alkyl halides is 3. The maximum Gasteiger partial charge on any atom is 0.417 e. The molecule has 4 nitrogen and oxygen atoms in total. The van der Waals surface area contributed by atoms with Gasteiger partial charge in [0, 0.05) is 23.7 Å². The van der Waals surface area contributed by atoms with E-state index >= 15 is 0 Å². The average Bonchev–Trinajstić information content (AvgIpc) is 2.26. The van der Waals surface area contributed by atoms with Gasteiger partial charge in [-0.15, -0.1) is 0 Å². The summed E-state index contributed by atoms with van der Waals surface area (Å²) in [6.07, 6.45) is -3.36. The zero-order chi connectivity index (χ0) is 12.6. The molecule has 1 heterocycles. The number of nitro benzene ring substituents is 1. The highest BCUT2D eigenvalue weighted by Crippen LogP contribution is 2.36. The van der Waals surface area contributed by atoms with Crippen LogP contribution in [0, 0.1) is 10.1 Å². The lowest BCUT2D eigenvalue weighted by Crippen LogP contribution is -2.07. The fourth-order valence-corrected chi connectivity index (χ4v) is 1.51. The van der Waals surface area contributed by atoms with Crippen molar-refractivity contribution in [2.45, 2.75) is 6.18 Å². The third-order valence-corrected chi connectivity index (χ3v) is 2.22. The number of non-ortho nitro benzene ring substituents is 1. The number of nitro groups is 1. The first-order valence-corrected chi connectivity index (χ1v) is 4.50. The van der Waals surface area contributed by atoms with E-state index in [1.165, 1.54) is 18.3 Å². The summed E-state index contributed by atoms with van der Waals surface area (Å²) in [7, 11) is 0. The molecule has 17 heavy (non-hydrogen) atoms. The maximum atomic E-state index is 12.7. The van der Waals surface area contributed by atoms with E-state index in [1.54, 1.807) is 0 Å². The fraction of sp³-hybridized carbons (Fsp3) is 0.100. The van der Waals surface area contributed by atoms with Crippen LogP contribution in [0.2, 0.25) is 0 Å². The van der Waals surface area contributed by atoms with E-state index in [-0.39, 0.29) is 10.9 Å². The van der Waals surface area contributed by atoms with Crippen LogP contribution in [-0.2, 0) is 6.18 Å². The van der Waals surface area contributed by atoms with Crippen LogP contribution < -0.4 is 0 Å². The van der Waals surface area contributed by atoms with Gasteiger partial charge in [0.25, 0.3) is 5.69 Å². The smallest absolute Gasteiger partial charge is 0.258 e. The monoisotopic (exact) mass is 242 g/mol. The number of rotatable bonds is 1. The Kier molecular flexibility index (Phi) is 2.45. The first kappa shape index (κ1) is 11.3. The Labute approximate surface area is 92.8 Å². The first-order chi connectivity index (χ1) is 7.89. The number of aromatic nitrogens is 1. The third-order valence-electron chi connectivity index (χ3n) is 2.22. The molecule has 88 valence electrons. The minimum absolute atomic E-state index is 0.0472. The predicted molar refractivity (Wildman–Crippen MR) is 53.4 cm³/mol. The molecular weight excluding hydrogens is 237 g/mol. The summed E-state index contributed by atoms with van der Waals surface area (Å²) in [6.45, 7) is 0. The van der Waals surface area contributed by atoms with E-state index in [1.807, 2.05) is 0 Å². The summed E-state index contributed by atoms with van der Waals surface area (Å²) >= 11 is 0. The molecule has 0 aliphatic carbocycles. The van der Waals surface area contributed by atoms with Crippen molar-refractivity contribution in [1.82, 2.24) is 4.98 Å². The molecule has 0 atom stereocenters. The van der Waals surface area contributed by atoms with Gasteiger partial charge >= 0.3 is 6.18 Å². The van der Waals surface area contributed by atoms with Crippen LogP contribution in [0.25, 0.3) is 10.9 Å². The van der Waals surface area contributed by atoms with Gasteiger partial charge in [0.2, 0.25) is 0 Å². The Balaban J connectivity index is 2.83. The molecule has 0 saturated heterocycles. The first-order valence-electron chi connectivity index (χ1n) is 4.50. The molecule has 7 heteroatoms. The Morgan fingerprint density at radius 3 is 2.59 bits per heavy atom. The van der Waals surface area contributed by atoms with Crippen molar-refractivity contribution >= 4 is 16.6 Å². The van der Waals surface area contributed by atoms with E-state index < -0.39 is 22.4 Å². The number of halogens is 3. The lowest BCUT2D eigenvalue weighted by atomic mass is 10.1. The number of hydrogen-bond acceptors (Lipinski definition) is 3. The van der Waals surface area contributed by atoms with Crippen molar-refractivity contribution in [3.05, 3.63) is 46.1 Å². The number of benzene rings is 1. The van der Waals surface area contributed by atoms with Gasteiger partial charge in [-0.25, -0.2) is 0 Å². The van der Waals surface area contributed by atoms with Crippen molar-refractivity contribution in [1.29, 1.82) is 0 Å². The molecule has 0 N–H and O–H groups in total. The van der Waals surface area contributed by atoms with Crippen molar-refractivity contribution in [2.24, 2.45) is 0 Å². The summed E-state index contributed by atoms with van der Waals surface area (Å²) in [5.41, 5.74) is -1.72. The van der Waals surface area contributed by atoms with E-state index in [0.717, 1.165) is 6.07 Å². The molecule has 0 saturated carbocycles. The minimum Gasteiger partial charge on any atom is -0.258 e. The lowest BCUT2D eigenvalue weighted by Gasteiger charge is -2.09. The van der Waals surface area contributed by atoms with E-state index in [9.17, 15) is 23.3 Å². The summed E-state index contributed by atoms with van der Waals surface area (Å²) in [5.74, 6) is 0. The van der Waals surface area contributed by atoms with Crippen LogP contribution in [0.3, 0.4) is 0 Å². The van der Waals surface area contributed by atoms with Crippen LogP contribution in [0.5, 0.6) is 0 Å². The van der Waals surface area contributed by atoms with Gasteiger partial charge in [0.05, 0.1) is 16.0 Å². The van der Waals surface area contributed by atoms with Gasteiger partial charge in [-0.2, -0.15) is 13.2 Å². The zero-order valence-corrected chi connectivity index (χ0v) is 8.23. The van der Waals surface area contributed by atoms with Gasteiger partial charge in [-0.05, 0) is 6.07 Å². The van der Waals surface area contributed by atoms with Gasteiger partial charge in [-0.3, -0.25) is 15.1 Å². The minimum atomic E-state index is -4.65. The third kappa shape index (κ3) is 2.03. The highest BCUT2D eigenvalue weighted by atomic mass is 19.4. The molecule has 0 bridgehead atoms. The number of nitrogens with zero attached hydrogens (tertiary/aromatic N) is 2. The molecule has 0 spiro atoms. The second-order valence-electron chi connectivity index (χ2n) is 3.32. The van der Waals surface area contributed by atoms with Crippen LogP contribution in [0.1, 0.15) is 5.56 Å². The average molecular weight is 242 g/mol. The van der Waals surface area contributed by atoms with Crippen molar-refractivity contribution < 1.29 is 18.1 Å². The molecular formula is C10H5F3N2O2. The van der Waals surface area contributed by atoms with Crippen molar-refractivity contribution in [2.75, 3.05) is 0 Å². The molecule has 0 aliphatic rings. The normalized spacial score (nSPS) is 11.7. The van der Waals surface area contributed by atoms with Crippen LogP contribution in [0.4, 0.5) is 18.9 Å². The second kappa shape index (κ2) is 3.69. The van der Waals surface area contributed by atoms with Crippen LogP contribution in [0.15, 0.2) is 30.5 Å². The molecule has 0 fully saturated rings. The number of pyridine rings is 1. The van der Waals surface area contributed by atoms with E-state index in [0.29, 0.717) is 6.07 Å². The van der Waals surface area contributed by atoms with E-state index in [2.05, 4.69) is 4.98 Å². The SMILES string of the molecule is O=[N+]([O-])c1cc(C(F)(F)F)c2cccnc2c1. The van der Waals surface area contributed by atoms with Crippen LogP contribution >= 0.6 is 0 Å². The highest BCUT2D eigenvalue weighted by molar-refractivity contribution is 5.85. The molecule has 0 radical (unpaired) electrons. The molecule has 1 aromatic heterocycles. The summed E-state index contributed by atoms with van der Waals surface area (Å²) in [4.78, 5) is 13.4. The molecule has 0 unspecified atom stereocenters. The van der Waals surface area contributed by atoms with Gasteiger partial charge in [0.1, 0.15) is 0 Å². The molecule has 0 aliphatic heterocycles. The zero-order valence-electron chi connectivity index (χ0n) is 8.23. The Bertz CT molecular complexity index is 596. The van der Waals surface area contributed by atoms with Gasteiger partial charge in [0.15, 0.2) is 0 Å². The Morgan fingerprint density at radius 2 is 2.00 bits per heavy atom. The Hall–Kier alpha value is -2.18. The summed E-state index contributed by atoms with van der Waals surface area (Å²) < 4.78 is 38.1. The molecule has 0 amide bonds. The second-order valence-corrected chi connectivity index (χ2v) is 3.32. The largest absolute Gasteiger partial charge is 0.417 e. The fourth-order valence-electron chi connectivity index (χ4n) is 1.51. The standard InChI is InChI=1S/C10H5F3N2O2/c11-10(12,13)8-4-6(15(16)17)5-9-7(8)2-1-3-14-9/h1-5H. The Morgan fingerprint density at radius 1 is 1.29 bits per heavy atom. The van der Waals surface area contributed by atoms with Crippen LogP contribution in [-0.4, -0.2) is 9.91 Å². The quantitative estimate of drug-likeness (QED) is 0.570. The topological polar surface area (TPSA) is 56.0 Å². The van der Waals surface area contributed by atoms with E-state index in [4.69, 9.17) is 0 Å². The summed E-state index contributed by atoms with van der Waals surface area (Å²) in [5, 5.41) is 10.4.